The van der Waals surface area contributed by atoms with Crippen LogP contribution in [0.4, 0.5) is 0 Å². The number of fused-ring (bicyclic) bond motifs is 1. The summed E-state index contributed by atoms with van der Waals surface area (Å²) in [6.07, 6.45) is 0. The topological polar surface area (TPSA) is 79.6 Å². The van der Waals surface area contributed by atoms with Crippen molar-refractivity contribution >= 4 is 28.7 Å². The lowest BCUT2D eigenvalue weighted by molar-refractivity contribution is -0.135. The van der Waals surface area contributed by atoms with Gasteiger partial charge in [0.25, 0.3) is 5.91 Å². The molecular weight excluding hydrogens is 248 g/mol. The van der Waals surface area contributed by atoms with Crippen LogP contribution in [-0.2, 0) is 9.59 Å². The van der Waals surface area contributed by atoms with Crippen LogP contribution in [0.1, 0.15) is 10.6 Å². The lowest BCUT2D eigenvalue weighted by Crippen LogP contribution is -2.53. The molecule has 0 spiro atoms. The summed E-state index contributed by atoms with van der Waals surface area (Å²) >= 11 is 0. The van der Waals surface area contributed by atoms with Crippen molar-refractivity contribution < 1.29 is 18.8 Å². The van der Waals surface area contributed by atoms with E-state index in [1.165, 1.54) is 4.90 Å². The normalized spacial score (nSPS) is 15.7. The van der Waals surface area contributed by atoms with E-state index < -0.39 is 17.7 Å². The average Bonchev–Trinajstić information content (AvgIpc) is 2.80. The van der Waals surface area contributed by atoms with Crippen LogP contribution in [-0.4, -0.2) is 35.7 Å². The predicted molar refractivity (Wildman–Crippen MR) is 65.3 cm³/mol. The maximum absolute atomic E-state index is 12.2. The predicted octanol–water partition coefficient (Wildman–Crippen LogP) is 0.531. The van der Waals surface area contributed by atoms with Crippen LogP contribution in [0, 0.1) is 0 Å². The van der Waals surface area contributed by atoms with Crippen molar-refractivity contribution in [2.45, 2.75) is 0 Å². The Bertz CT molecular complexity index is 640. The van der Waals surface area contributed by atoms with Crippen molar-refractivity contribution in [1.82, 2.24) is 10.2 Å². The second kappa shape index (κ2) is 4.24. The van der Waals surface area contributed by atoms with E-state index in [4.69, 9.17) is 4.42 Å². The fourth-order valence-corrected chi connectivity index (χ4v) is 2.02. The second-order valence-corrected chi connectivity index (χ2v) is 4.28. The lowest BCUT2D eigenvalue weighted by atomic mass is 10.2. The summed E-state index contributed by atoms with van der Waals surface area (Å²) in [5.41, 5.74) is 0.596. The zero-order chi connectivity index (χ0) is 13.4. The largest absolute Gasteiger partial charge is 0.451 e. The van der Waals surface area contributed by atoms with Crippen molar-refractivity contribution in [2.75, 3.05) is 13.1 Å². The molecule has 0 unspecified atom stereocenters. The third-order valence-electron chi connectivity index (χ3n) is 2.87. The number of nitrogens with one attached hydrogen (secondary N) is 1. The van der Waals surface area contributed by atoms with E-state index in [1.807, 2.05) is 12.1 Å². The summed E-state index contributed by atoms with van der Waals surface area (Å²) in [4.78, 5) is 35.8. The second-order valence-electron chi connectivity index (χ2n) is 4.28. The summed E-state index contributed by atoms with van der Waals surface area (Å²) in [7, 11) is 0. The van der Waals surface area contributed by atoms with E-state index in [-0.39, 0.29) is 18.8 Å². The van der Waals surface area contributed by atoms with Crippen LogP contribution in [0.3, 0.4) is 0 Å². The lowest BCUT2D eigenvalue weighted by Gasteiger charge is -2.24. The number of amides is 3. The minimum atomic E-state index is -0.485. The number of para-hydroxylation sites is 1. The Kier molecular flexibility index (Phi) is 2.56. The molecule has 19 heavy (non-hydrogen) atoms. The highest BCUT2D eigenvalue weighted by Crippen LogP contribution is 2.20. The van der Waals surface area contributed by atoms with Gasteiger partial charge in [-0.2, -0.15) is 0 Å². The molecule has 0 radical (unpaired) electrons. The molecule has 1 saturated heterocycles. The maximum atomic E-state index is 12.2. The van der Waals surface area contributed by atoms with E-state index >= 15 is 0 Å². The van der Waals surface area contributed by atoms with Gasteiger partial charge in [-0.15, -0.1) is 0 Å². The first kappa shape index (κ1) is 11.5. The highest BCUT2D eigenvalue weighted by atomic mass is 16.3. The van der Waals surface area contributed by atoms with Gasteiger partial charge in [0.15, 0.2) is 5.76 Å². The fourth-order valence-electron chi connectivity index (χ4n) is 2.02. The summed E-state index contributed by atoms with van der Waals surface area (Å²) in [5, 5.41) is 2.94. The van der Waals surface area contributed by atoms with Crippen molar-refractivity contribution in [3.8, 4) is 0 Å². The molecule has 1 aromatic heterocycles. The summed E-state index contributed by atoms with van der Waals surface area (Å²) in [5.74, 6) is -1.30. The minimum absolute atomic E-state index is 0.128. The van der Waals surface area contributed by atoms with Crippen LogP contribution in [0.25, 0.3) is 11.0 Å². The molecule has 0 atom stereocenters. The third kappa shape index (κ3) is 2.08. The molecule has 1 aliphatic heterocycles. The Hall–Kier alpha value is -2.63. The molecule has 1 fully saturated rings. The van der Waals surface area contributed by atoms with E-state index in [0.717, 1.165) is 5.39 Å². The van der Waals surface area contributed by atoms with Gasteiger partial charge in [0, 0.05) is 5.39 Å². The summed E-state index contributed by atoms with van der Waals surface area (Å²) < 4.78 is 5.42. The number of piperazine rings is 1. The monoisotopic (exact) mass is 258 g/mol. The molecule has 2 heterocycles. The molecule has 2 aromatic rings. The van der Waals surface area contributed by atoms with Gasteiger partial charge in [-0.25, -0.2) is 0 Å². The molecule has 1 N–H and O–H groups in total. The molecule has 0 aliphatic carbocycles. The van der Waals surface area contributed by atoms with E-state index in [2.05, 4.69) is 5.32 Å². The molecular formula is C13H10N2O4. The number of imide groups is 1. The maximum Gasteiger partial charge on any atom is 0.290 e. The van der Waals surface area contributed by atoms with Gasteiger partial charge >= 0.3 is 0 Å². The van der Waals surface area contributed by atoms with Gasteiger partial charge in [0.2, 0.25) is 11.8 Å². The van der Waals surface area contributed by atoms with Crippen molar-refractivity contribution in [3.63, 3.8) is 0 Å². The van der Waals surface area contributed by atoms with Gasteiger partial charge in [0.05, 0.1) is 0 Å². The van der Waals surface area contributed by atoms with Gasteiger partial charge in [-0.05, 0) is 12.1 Å². The smallest absolute Gasteiger partial charge is 0.290 e. The number of nitrogens with zero attached hydrogens (tertiary/aromatic N) is 1. The Labute approximate surface area is 108 Å². The number of carbonyl (C=O) groups excluding carboxylic acids is 3. The first-order valence-electron chi connectivity index (χ1n) is 5.74. The highest BCUT2D eigenvalue weighted by Gasteiger charge is 2.28. The van der Waals surface area contributed by atoms with Crippen LogP contribution in [0.2, 0.25) is 0 Å². The number of furan rings is 1. The van der Waals surface area contributed by atoms with Gasteiger partial charge < -0.3 is 9.32 Å². The van der Waals surface area contributed by atoms with Crippen molar-refractivity contribution in [2.24, 2.45) is 0 Å². The van der Waals surface area contributed by atoms with Crippen LogP contribution >= 0.6 is 0 Å². The molecule has 96 valence electrons. The zero-order valence-electron chi connectivity index (χ0n) is 9.88. The summed E-state index contributed by atoms with van der Waals surface area (Å²) in [6.45, 7) is -0.275. The van der Waals surface area contributed by atoms with E-state index in [1.54, 1.807) is 18.2 Å². The number of benzene rings is 1. The standard InChI is InChI=1S/C13H10N2O4/c16-11-6-15(7-12(17)14-11)13(18)10-5-8-3-1-2-4-9(8)19-10/h1-5H,6-7H2,(H,14,16,17). The number of rotatable bonds is 1. The quantitative estimate of drug-likeness (QED) is 0.757. The van der Waals surface area contributed by atoms with Crippen LogP contribution < -0.4 is 5.32 Å². The van der Waals surface area contributed by atoms with Gasteiger partial charge in [-0.1, -0.05) is 18.2 Å². The molecule has 1 aliphatic rings. The Morgan fingerprint density at radius 1 is 1.16 bits per heavy atom. The van der Waals surface area contributed by atoms with Crippen LogP contribution in [0.15, 0.2) is 34.7 Å². The Morgan fingerprint density at radius 2 is 1.84 bits per heavy atom. The molecule has 6 heteroatoms. The third-order valence-corrected chi connectivity index (χ3v) is 2.87. The first-order valence-corrected chi connectivity index (χ1v) is 5.74. The SMILES string of the molecule is O=C1CN(C(=O)c2cc3ccccc3o2)CC(=O)N1. The summed E-state index contributed by atoms with van der Waals surface area (Å²) in [6, 6.07) is 8.82. The van der Waals surface area contributed by atoms with Gasteiger partial charge in [0.1, 0.15) is 18.7 Å². The highest BCUT2D eigenvalue weighted by molar-refractivity contribution is 6.05. The Morgan fingerprint density at radius 3 is 2.53 bits per heavy atom. The fraction of sp³-hybridized carbons (Fsp3) is 0.154. The van der Waals surface area contributed by atoms with Gasteiger partial charge in [-0.3, -0.25) is 19.7 Å². The molecule has 3 rings (SSSR count). The molecule has 0 saturated carbocycles. The molecule has 0 bridgehead atoms. The van der Waals surface area contributed by atoms with Crippen LogP contribution in [0.5, 0.6) is 0 Å². The number of carbonyl (C=O) groups is 3. The molecule has 6 nitrogen and oxygen atoms in total. The van der Waals surface area contributed by atoms with E-state index in [0.29, 0.717) is 5.58 Å². The van der Waals surface area contributed by atoms with E-state index in [9.17, 15) is 14.4 Å². The molecule has 3 amide bonds. The minimum Gasteiger partial charge on any atom is -0.451 e. The molecule has 1 aromatic carbocycles. The first-order chi connectivity index (χ1) is 9.13. The average molecular weight is 258 g/mol. The Balaban J connectivity index is 1.90. The zero-order valence-corrected chi connectivity index (χ0v) is 9.88. The van der Waals surface area contributed by atoms with Crippen molar-refractivity contribution in [1.29, 1.82) is 0 Å². The number of hydrogen-bond donors (Lipinski definition) is 1. The van der Waals surface area contributed by atoms with Crippen molar-refractivity contribution in [3.05, 3.63) is 36.1 Å². The number of hydrogen-bond acceptors (Lipinski definition) is 4.